The second kappa shape index (κ2) is 5.88. The first-order valence-electron chi connectivity index (χ1n) is 5.58. The summed E-state index contributed by atoms with van der Waals surface area (Å²) in [6, 6.07) is 7.98. The van der Waals surface area contributed by atoms with E-state index in [2.05, 4.69) is 0 Å². The topological polar surface area (TPSA) is 46.5 Å². The van der Waals surface area contributed by atoms with Crippen LogP contribution in [0, 0.1) is 11.6 Å². The number of halogens is 3. The average molecular weight is 299 g/mol. The van der Waals surface area contributed by atoms with Gasteiger partial charge in [-0.2, -0.15) is 0 Å². The minimum atomic E-state index is -1.45. The maximum atomic E-state index is 13.6. The summed E-state index contributed by atoms with van der Waals surface area (Å²) in [6.07, 6.45) is 0. The Kier molecular flexibility index (Phi) is 4.20. The SMILES string of the molecule is O=C(O)c1c(F)cccc1OCc1cccc(Cl)c1F. The van der Waals surface area contributed by atoms with E-state index in [-0.39, 0.29) is 22.9 Å². The van der Waals surface area contributed by atoms with Gasteiger partial charge in [0.2, 0.25) is 0 Å². The summed E-state index contributed by atoms with van der Waals surface area (Å²) >= 11 is 5.62. The molecule has 104 valence electrons. The predicted octanol–water partition coefficient (Wildman–Crippen LogP) is 3.90. The Hall–Kier alpha value is -2.14. The number of aromatic carboxylic acids is 1. The molecule has 2 aromatic rings. The summed E-state index contributed by atoms with van der Waals surface area (Å²) < 4.78 is 32.2. The molecule has 0 aliphatic carbocycles. The van der Waals surface area contributed by atoms with E-state index in [4.69, 9.17) is 21.4 Å². The van der Waals surface area contributed by atoms with Gasteiger partial charge in [-0.25, -0.2) is 13.6 Å². The molecule has 6 heteroatoms. The van der Waals surface area contributed by atoms with Gasteiger partial charge in [0.15, 0.2) is 0 Å². The van der Waals surface area contributed by atoms with Crippen LogP contribution in [-0.4, -0.2) is 11.1 Å². The van der Waals surface area contributed by atoms with Crippen LogP contribution in [0.2, 0.25) is 5.02 Å². The standard InChI is InChI=1S/C14H9ClF2O3/c15-9-4-1-3-8(13(9)17)7-20-11-6-2-5-10(16)12(11)14(18)19/h1-6H,7H2,(H,18,19). The van der Waals surface area contributed by atoms with E-state index in [1.807, 2.05) is 0 Å². The van der Waals surface area contributed by atoms with Crippen molar-refractivity contribution in [3.05, 3.63) is 64.2 Å². The van der Waals surface area contributed by atoms with Crippen molar-refractivity contribution < 1.29 is 23.4 Å². The Morgan fingerprint density at radius 3 is 2.60 bits per heavy atom. The Bertz CT molecular complexity index is 659. The summed E-state index contributed by atoms with van der Waals surface area (Å²) in [4.78, 5) is 11.0. The highest BCUT2D eigenvalue weighted by Crippen LogP contribution is 2.24. The lowest BCUT2D eigenvalue weighted by atomic mass is 10.2. The molecule has 1 N–H and O–H groups in total. The number of hydrogen-bond donors (Lipinski definition) is 1. The first-order chi connectivity index (χ1) is 9.50. The Morgan fingerprint density at radius 1 is 1.20 bits per heavy atom. The highest BCUT2D eigenvalue weighted by atomic mass is 35.5. The number of ether oxygens (including phenoxy) is 1. The minimum Gasteiger partial charge on any atom is -0.488 e. The molecule has 0 saturated heterocycles. The van der Waals surface area contributed by atoms with Gasteiger partial charge in [0.1, 0.15) is 29.6 Å². The third-order valence-electron chi connectivity index (χ3n) is 2.60. The fraction of sp³-hybridized carbons (Fsp3) is 0.0714. The van der Waals surface area contributed by atoms with Gasteiger partial charge >= 0.3 is 5.97 Å². The molecule has 0 radical (unpaired) electrons. The smallest absolute Gasteiger partial charge is 0.342 e. The molecule has 0 saturated carbocycles. The van der Waals surface area contributed by atoms with Crippen molar-refractivity contribution in [3.8, 4) is 5.75 Å². The Balaban J connectivity index is 2.26. The van der Waals surface area contributed by atoms with Gasteiger partial charge in [-0.1, -0.05) is 29.8 Å². The predicted molar refractivity (Wildman–Crippen MR) is 69.1 cm³/mol. The van der Waals surface area contributed by atoms with Crippen molar-refractivity contribution in [2.24, 2.45) is 0 Å². The van der Waals surface area contributed by atoms with E-state index in [1.54, 1.807) is 0 Å². The third kappa shape index (κ3) is 2.88. The molecule has 0 spiro atoms. The summed E-state index contributed by atoms with van der Waals surface area (Å²) in [5.74, 6) is -3.19. The van der Waals surface area contributed by atoms with Gasteiger partial charge in [-0.3, -0.25) is 0 Å². The molecule has 0 heterocycles. The van der Waals surface area contributed by atoms with E-state index in [9.17, 15) is 13.6 Å². The normalized spacial score (nSPS) is 10.3. The largest absolute Gasteiger partial charge is 0.488 e. The van der Waals surface area contributed by atoms with Crippen LogP contribution in [0.1, 0.15) is 15.9 Å². The molecule has 0 aromatic heterocycles. The fourth-order valence-corrected chi connectivity index (χ4v) is 1.84. The fourth-order valence-electron chi connectivity index (χ4n) is 1.65. The van der Waals surface area contributed by atoms with E-state index in [0.717, 1.165) is 6.07 Å². The van der Waals surface area contributed by atoms with Crippen LogP contribution in [-0.2, 0) is 6.61 Å². The van der Waals surface area contributed by atoms with Gasteiger partial charge in [-0.15, -0.1) is 0 Å². The number of carbonyl (C=O) groups is 1. The molecule has 20 heavy (non-hydrogen) atoms. The zero-order chi connectivity index (χ0) is 14.7. The second-order valence-electron chi connectivity index (χ2n) is 3.92. The van der Waals surface area contributed by atoms with Gasteiger partial charge in [-0.05, 0) is 18.2 Å². The van der Waals surface area contributed by atoms with Crippen LogP contribution in [0.3, 0.4) is 0 Å². The molecular formula is C14H9ClF2O3. The van der Waals surface area contributed by atoms with E-state index in [0.29, 0.717) is 0 Å². The molecular weight excluding hydrogens is 290 g/mol. The van der Waals surface area contributed by atoms with Crippen LogP contribution in [0.5, 0.6) is 5.75 Å². The van der Waals surface area contributed by atoms with Gasteiger partial charge in [0.05, 0.1) is 5.02 Å². The highest BCUT2D eigenvalue weighted by Gasteiger charge is 2.17. The molecule has 0 aliphatic heterocycles. The molecule has 0 atom stereocenters. The Labute approximate surface area is 118 Å². The van der Waals surface area contributed by atoms with Crippen LogP contribution >= 0.6 is 11.6 Å². The van der Waals surface area contributed by atoms with Crippen molar-refractivity contribution in [2.75, 3.05) is 0 Å². The van der Waals surface area contributed by atoms with E-state index in [1.165, 1.54) is 30.3 Å². The van der Waals surface area contributed by atoms with Crippen molar-refractivity contribution in [1.82, 2.24) is 0 Å². The van der Waals surface area contributed by atoms with E-state index < -0.39 is 23.2 Å². The monoisotopic (exact) mass is 298 g/mol. The van der Waals surface area contributed by atoms with Crippen molar-refractivity contribution in [1.29, 1.82) is 0 Å². The molecule has 0 fully saturated rings. The van der Waals surface area contributed by atoms with Crippen molar-refractivity contribution in [2.45, 2.75) is 6.61 Å². The summed E-state index contributed by atoms with van der Waals surface area (Å²) in [7, 11) is 0. The van der Waals surface area contributed by atoms with Crippen molar-refractivity contribution >= 4 is 17.6 Å². The first-order valence-corrected chi connectivity index (χ1v) is 5.96. The number of rotatable bonds is 4. The Morgan fingerprint density at radius 2 is 1.90 bits per heavy atom. The van der Waals surface area contributed by atoms with Crippen LogP contribution in [0.15, 0.2) is 36.4 Å². The quantitative estimate of drug-likeness (QED) is 0.931. The lowest BCUT2D eigenvalue weighted by Gasteiger charge is -2.10. The summed E-state index contributed by atoms with van der Waals surface area (Å²) in [5, 5.41) is 8.86. The van der Waals surface area contributed by atoms with Gasteiger partial charge in [0, 0.05) is 5.56 Å². The molecule has 2 rings (SSSR count). The van der Waals surface area contributed by atoms with Crippen LogP contribution in [0.25, 0.3) is 0 Å². The van der Waals surface area contributed by atoms with Gasteiger partial charge < -0.3 is 9.84 Å². The molecule has 0 unspecified atom stereocenters. The molecule has 0 aliphatic rings. The highest BCUT2D eigenvalue weighted by molar-refractivity contribution is 6.30. The van der Waals surface area contributed by atoms with Crippen molar-refractivity contribution in [3.63, 3.8) is 0 Å². The summed E-state index contributed by atoms with van der Waals surface area (Å²) in [6.45, 7) is -0.254. The average Bonchev–Trinajstić information content (AvgIpc) is 2.40. The second-order valence-corrected chi connectivity index (χ2v) is 4.33. The number of carboxylic acid groups (broad SMARTS) is 1. The zero-order valence-corrected chi connectivity index (χ0v) is 10.8. The van der Waals surface area contributed by atoms with E-state index >= 15 is 0 Å². The van der Waals surface area contributed by atoms with Gasteiger partial charge in [0.25, 0.3) is 0 Å². The molecule has 0 bridgehead atoms. The molecule has 3 nitrogen and oxygen atoms in total. The minimum absolute atomic E-state index is 0.0659. The molecule has 2 aromatic carbocycles. The maximum absolute atomic E-state index is 13.6. The zero-order valence-electron chi connectivity index (χ0n) is 10.1. The number of hydrogen-bond acceptors (Lipinski definition) is 2. The summed E-state index contributed by atoms with van der Waals surface area (Å²) in [5.41, 5.74) is -0.437. The number of benzene rings is 2. The first kappa shape index (κ1) is 14.3. The lowest BCUT2D eigenvalue weighted by molar-refractivity contribution is 0.0686. The molecule has 0 amide bonds. The lowest BCUT2D eigenvalue weighted by Crippen LogP contribution is -2.06. The third-order valence-corrected chi connectivity index (χ3v) is 2.90. The van der Waals surface area contributed by atoms with Crippen LogP contribution < -0.4 is 4.74 Å². The number of carboxylic acids is 1. The van der Waals surface area contributed by atoms with Crippen LogP contribution in [0.4, 0.5) is 8.78 Å². The maximum Gasteiger partial charge on any atom is 0.342 e.